The predicted octanol–water partition coefficient (Wildman–Crippen LogP) is -0.602. The lowest BCUT2D eigenvalue weighted by Gasteiger charge is -2.34. The number of aromatic nitrogens is 10. The highest BCUT2D eigenvalue weighted by atomic mass is 32.1. The molecule has 0 saturated carbocycles. The number of nitrogens with one attached hydrogen (secondary N) is 7. The first kappa shape index (κ1) is 124. The lowest BCUT2D eigenvalue weighted by Crippen LogP contribution is -2.47. The molecule has 5 aromatic heterocycles. The molecule has 816 valence electrons. The van der Waals surface area contributed by atoms with Gasteiger partial charge in [-0.2, -0.15) is 0 Å². The van der Waals surface area contributed by atoms with Crippen LogP contribution in [0, 0.1) is 4.77 Å². The number of nitrogens with zero attached hydrogens (tertiary/aromatic N) is 6. The number of aliphatic hydroxyl groups is 12. The minimum absolute atomic E-state index is 0.0695. The number of aryl methyl sites for hydroxylation is 3. The van der Waals surface area contributed by atoms with E-state index in [0.29, 0.717) is 73.9 Å². The number of carbonyl (C=O) groups is 4. The number of ether oxygens (including phenoxy) is 6. The van der Waals surface area contributed by atoms with E-state index in [-0.39, 0.29) is 76.2 Å². The summed E-state index contributed by atoms with van der Waals surface area (Å²) in [6.45, 7) is 30.4. The first-order chi connectivity index (χ1) is 66.8. The number of hydrogen-bond acceptors (Lipinski definition) is 33. The summed E-state index contributed by atoms with van der Waals surface area (Å²) in [5, 5.41) is 128. The average Bonchev–Trinajstić information content (AvgIpc) is 1.68. The maximum atomic E-state index is 12.2. The number of amides is 2. The Hall–Kier alpha value is -7.54. The lowest BCUT2D eigenvalue weighted by atomic mass is 10.1. The Morgan fingerprint density at radius 3 is 0.903 bits per heavy atom. The van der Waals surface area contributed by atoms with Gasteiger partial charge in [0.1, 0.15) is 90.6 Å². The van der Waals surface area contributed by atoms with Crippen LogP contribution in [0.4, 0.5) is 0 Å². The van der Waals surface area contributed by atoms with Crippen LogP contribution in [-0.4, -0.2) is 408 Å². The molecule has 0 aliphatic carbocycles. The molecule has 51 heteroatoms. The van der Waals surface area contributed by atoms with E-state index in [1.165, 1.54) is 50.1 Å². The predicted molar refractivity (Wildman–Crippen MR) is 576 cm³/mol. The first-order valence-corrected chi connectivity index (χ1v) is 66.1. The number of H-pyrrole nitrogens is 5. The van der Waals surface area contributed by atoms with Crippen molar-refractivity contribution in [3.05, 3.63) is 181 Å². The molecule has 0 aromatic carbocycles. The Balaban J connectivity index is 0.000000236. The number of aliphatic hydroxyl groups excluding tert-OH is 12. The van der Waals surface area contributed by atoms with E-state index >= 15 is 0 Å². The van der Waals surface area contributed by atoms with Crippen molar-refractivity contribution >= 4 is 115 Å². The fraction of sp³-hybridized carbons (Fsp3) is 0.638. The smallest absolute Gasteiger partial charge is 0.330 e. The average molecular weight is 2180 g/mol. The summed E-state index contributed by atoms with van der Waals surface area (Å²) in [6, 6.07) is 0. The topological polar surface area (TPSA) is 651 Å². The van der Waals surface area contributed by atoms with E-state index in [2.05, 4.69) is 160 Å². The number of Topliss-reactive ketones (excluding diaryl/α,β-unsaturated/α-hetero) is 2. The molecule has 12 heterocycles. The molecule has 2 amide bonds. The molecule has 24 atom stereocenters. The van der Waals surface area contributed by atoms with Crippen molar-refractivity contribution in [1.29, 1.82) is 0 Å². The van der Waals surface area contributed by atoms with Crippen LogP contribution in [0.5, 0.6) is 0 Å². The minimum Gasteiger partial charge on any atom is -0.388 e. The van der Waals surface area contributed by atoms with Crippen LogP contribution < -0.4 is 61.2 Å². The molecule has 0 spiro atoms. The fourth-order valence-corrected chi connectivity index (χ4v) is 22.2. The van der Waals surface area contributed by atoms with E-state index in [0.717, 1.165) is 55.2 Å². The summed E-state index contributed by atoms with van der Waals surface area (Å²) in [5.74, 6) is -0.530. The van der Waals surface area contributed by atoms with Crippen molar-refractivity contribution in [2.24, 2.45) is 0 Å². The third kappa shape index (κ3) is 35.8. The van der Waals surface area contributed by atoms with Gasteiger partial charge >= 0.3 is 22.8 Å². The van der Waals surface area contributed by atoms with Crippen LogP contribution in [0.25, 0.3) is 0 Å². The standard InChI is InChI=1S/C17H27N2O6P.C16H26N3O6P.C16H25N2O6P.C15H25N2O5P.C15H25N2O4PS.C15H25N2O4P/c1-10(20)5-6-11-9-19(17(24)18-15(11)23)16-14(22)13(21)12(25-16)7-8-26(2,3)4;1-9(20)17-7-10-8-19(16(24)18-14(10)23)15-13(22)12(21)11(25-15)5-6-26(2,3)4;1-9(19)7-10-8-18(16(23)17-14(10)22)15-13(21)12(20)11(24-15)5-6-25(2,3)4;1-5-9-8-17(15(21)16-13(9)20)14-12(19)11(18)10(22-14)6-7-23(2,3)4;1-5-9-8-17(15(23)16-13(9)20)14-12(19)11(18)10(21-14)6-7-22(2,3)4;1-9-8-17(10(2)16-14(9)20)15-13(19)12(18)11(21-15)6-7-22(3,4)5/h9,12-14,16,21-22H,2,5-8H2,1,3-4H3,(H,18,23,24);8,11-13,15,21-22H,2,5-7H2,1,3-4H3,(H,17,20)(H,18,23,24);8,11-13,15,20-21H,2,5-7H2,1,3-4H3,(H,17,22,23);8,10-12,14,18-19H,2,5-7H2,1,3-4H3,(H,16,20,21);8,10-12,14,18-19H,2,5-7H2,1,3-4H3,(H,16,20,23);8,11-13,15,18-19H,2-3,6-7H2,1,4-5H3,(H,16,20)/t12-,13-,14-,16-;2*11-,12-,13-,15-;2*10-,11-,12-,14-;11-,12-,13-,15-/m111111/s1. The van der Waals surface area contributed by atoms with E-state index in [1.807, 2.05) is 6.92 Å². The van der Waals surface area contributed by atoms with Crippen LogP contribution in [0.15, 0.2) is 98.3 Å². The van der Waals surface area contributed by atoms with Gasteiger partial charge in [-0.25, -0.2) is 19.2 Å². The summed E-state index contributed by atoms with van der Waals surface area (Å²) in [4.78, 5) is 165. The van der Waals surface area contributed by atoms with Gasteiger partial charge in [0.15, 0.2) is 42.1 Å². The molecule has 19 N–H and O–H groups in total. The molecule has 7 aliphatic rings. The molecular formula is C94H153N13O31P6S. The van der Waals surface area contributed by atoms with Gasteiger partial charge in [0.25, 0.3) is 33.7 Å². The highest BCUT2D eigenvalue weighted by Gasteiger charge is 2.51. The molecule has 6 saturated heterocycles. The van der Waals surface area contributed by atoms with E-state index in [9.17, 15) is 124 Å². The van der Waals surface area contributed by atoms with Crippen molar-refractivity contribution in [3.8, 4) is 0 Å². The van der Waals surface area contributed by atoms with Crippen molar-refractivity contribution in [1.82, 2.24) is 63.3 Å². The molecule has 5 aromatic rings. The Bertz CT molecular complexity index is 6140. The van der Waals surface area contributed by atoms with Gasteiger partial charge in [-0.15, -0.1) is 79.1 Å². The molecule has 6 fully saturated rings. The Morgan fingerprint density at radius 2 is 0.614 bits per heavy atom. The van der Waals surface area contributed by atoms with Crippen molar-refractivity contribution in [3.63, 3.8) is 0 Å². The van der Waals surface area contributed by atoms with Crippen molar-refractivity contribution in [2.75, 3.05) is 117 Å². The number of aromatic amines is 5. The van der Waals surface area contributed by atoms with Crippen LogP contribution in [0.1, 0.15) is 145 Å². The normalized spacial score (nSPS) is 27.9. The Labute approximate surface area is 846 Å². The summed E-state index contributed by atoms with van der Waals surface area (Å²) in [6.07, 6.45) is 19.5. The van der Waals surface area contributed by atoms with Crippen LogP contribution in [0.3, 0.4) is 0 Å². The minimum atomic E-state index is -1.33. The molecule has 12 rings (SSSR count). The number of rotatable bonds is 33. The SMILES string of the molecule is C=C1NC(=O)C(C)=CN1[C@@H]1O[C@H](CCP(=C)(C)C)[C@@H](O)[C@H]1O.C=P(C)(C)CC[C@H]1O[C@@H](n2cc(CC(C)=O)c(=O)[nH]c2=O)[C@H](O)[C@@H]1O.C=P(C)(C)CC[C@H]1O[C@@H](n2cc(CC)c(=O)[nH]c2=O)[C@H](O)[C@@H]1O.C=P(C)(C)CC[C@H]1O[C@@H](n2cc(CC)c(=O)[nH]c2=S)[C@H](O)[C@@H]1O.C=P(C)(C)CC[C@H]1O[C@@H](n2cc(CCC(C)=O)c(=O)[nH]c2=O)[C@H](O)[C@@H]1O.C=P(C)(C)CC[C@H]1O[C@@H](n2cc(CNC(C)=O)c(=O)[nH]c2=O)[C@H](O)[C@@H]1O. The summed E-state index contributed by atoms with van der Waals surface area (Å²) in [5.41, 5.74) is -3.49. The van der Waals surface area contributed by atoms with Gasteiger partial charge in [-0.3, -0.25) is 86.1 Å². The fourth-order valence-electron chi connectivity index (χ4n) is 16.2. The Kier molecular flexibility index (Phi) is 45.0. The van der Waals surface area contributed by atoms with Crippen LogP contribution in [-0.2, 0) is 79.8 Å². The van der Waals surface area contributed by atoms with Gasteiger partial charge < -0.3 is 110 Å². The molecular weight excluding hydrogens is 2030 g/mol. The summed E-state index contributed by atoms with van der Waals surface area (Å²) >= 11 is 5.17. The quantitative estimate of drug-likeness (QED) is 0.0184. The summed E-state index contributed by atoms with van der Waals surface area (Å²) < 4.78 is 40.5. The highest BCUT2D eigenvalue weighted by Crippen LogP contribution is 2.46. The number of ketones is 2. The zero-order chi connectivity index (χ0) is 110. The maximum Gasteiger partial charge on any atom is 0.330 e. The van der Waals surface area contributed by atoms with Crippen molar-refractivity contribution in [2.45, 2.75) is 266 Å². The molecule has 0 bridgehead atoms. The van der Waals surface area contributed by atoms with Crippen LogP contribution in [0.2, 0.25) is 0 Å². The molecule has 0 unspecified atom stereocenters. The lowest BCUT2D eigenvalue weighted by molar-refractivity contribution is -0.120. The van der Waals surface area contributed by atoms with Gasteiger partial charge in [0, 0.05) is 91.3 Å². The second-order valence-corrected chi connectivity index (χ2v) is 68.2. The molecule has 44 nitrogen and oxygen atoms in total. The zero-order valence-electron chi connectivity index (χ0n) is 85.9. The number of hydrogen-bond donors (Lipinski definition) is 19. The second kappa shape index (κ2) is 52.5. The second-order valence-electron chi connectivity index (χ2n) is 41.9. The molecule has 0 radical (unpaired) electrons. The van der Waals surface area contributed by atoms with Crippen molar-refractivity contribution < 1.29 is 109 Å². The molecule has 7 aliphatic heterocycles. The monoisotopic (exact) mass is 2180 g/mol. The van der Waals surface area contributed by atoms with Gasteiger partial charge in [0.2, 0.25) is 5.91 Å². The largest absolute Gasteiger partial charge is 0.388 e. The van der Waals surface area contributed by atoms with E-state index < -0.39 is 234 Å². The highest BCUT2D eigenvalue weighted by molar-refractivity contribution is 7.74. The molecule has 145 heavy (non-hydrogen) atoms. The Morgan fingerprint density at radius 1 is 0.366 bits per heavy atom. The third-order valence-corrected chi connectivity index (χ3v) is 33.9. The number of carbonyl (C=O) groups excluding carboxylic acids is 4. The third-order valence-electron chi connectivity index (χ3n) is 24.7. The van der Waals surface area contributed by atoms with Gasteiger partial charge in [0.05, 0.1) is 42.2 Å². The van der Waals surface area contributed by atoms with Gasteiger partial charge in [-0.05, 0) is 208 Å². The van der Waals surface area contributed by atoms with Crippen LogP contribution >= 0.6 is 53.5 Å². The van der Waals surface area contributed by atoms with Gasteiger partial charge in [-0.1, -0.05) is 20.4 Å². The summed E-state index contributed by atoms with van der Waals surface area (Å²) in [7, 11) is 0. The van der Waals surface area contributed by atoms with E-state index in [1.54, 1.807) is 31.1 Å². The maximum absolute atomic E-state index is 12.2. The first-order valence-electron chi connectivity index (χ1n) is 47.4. The van der Waals surface area contributed by atoms with E-state index in [4.69, 9.17) is 40.6 Å². The zero-order valence-corrected chi connectivity index (χ0v) is 92.1.